The van der Waals surface area contributed by atoms with Crippen molar-refractivity contribution < 1.29 is 4.79 Å². The third-order valence-corrected chi connectivity index (χ3v) is 2.20. The predicted molar refractivity (Wildman–Crippen MR) is 65.1 cm³/mol. The molecule has 0 aromatic heterocycles. The van der Waals surface area contributed by atoms with Crippen LogP contribution in [0.25, 0.3) is 0 Å². The number of carbonyl (C=O) groups excluding carboxylic acids is 1. The average Bonchev–Trinajstić information content (AvgIpc) is 2.27. The van der Waals surface area contributed by atoms with Crippen molar-refractivity contribution in [1.82, 2.24) is 10.6 Å². The van der Waals surface area contributed by atoms with Gasteiger partial charge in [-0.2, -0.15) is 0 Å². The lowest BCUT2D eigenvalue weighted by Gasteiger charge is -2.07. The molecule has 0 atom stereocenters. The highest BCUT2D eigenvalue weighted by Crippen LogP contribution is 2.02. The molecule has 0 unspecified atom stereocenters. The van der Waals surface area contributed by atoms with E-state index in [2.05, 4.69) is 16.7 Å². The van der Waals surface area contributed by atoms with Crippen LogP contribution in [0.15, 0.2) is 24.3 Å². The summed E-state index contributed by atoms with van der Waals surface area (Å²) in [6.07, 6.45) is 0.803. The maximum absolute atomic E-state index is 11.3. The summed E-state index contributed by atoms with van der Waals surface area (Å²) in [5.41, 5.74) is 7.63. The first-order chi connectivity index (χ1) is 7.72. The van der Waals surface area contributed by atoms with Gasteiger partial charge in [0.1, 0.15) is 0 Å². The molecule has 0 bridgehead atoms. The van der Waals surface area contributed by atoms with Crippen LogP contribution in [0.4, 0.5) is 4.79 Å². The number of nitrogens with two attached hydrogens (primary N) is 1. The molecule has 4 N–H and O–H groups in total. The smallest absolute Gasteiger partial charge is 0.315 e. The summed E-state index contributed by atoms with van der Waals surface area (Å²) in [6.45, 7) is 3.80. The Bertz CT molecular complexity index is 339. The maximum atomic E-state index is 11.3. The van der Waals surface area contributed by atoms with E-state index < -0.39 is 0 Å². The van der Waals surface area contributed by atoms with Gasteiger partial charge in [-0.25, -0.2) is 4.79 Å². The van der Waals surface area contributed by atoms with Gasteiger partial charge in [-0.1, -0.05) is 29.8 Å². The van der Waals surface area contributed by atoms with Crippen LogP contribution in [0.2, 0.25) is 0 Å². The number of nitrogens with one attached hydrogen (secondary N) is 2. The van der Waals surface area contributed by atoms with Crippen LogP contribution in [0.5, 0.6) is 0 Å². The first-order valence-corrected chi connectivity index (χ1v) is 5.49. The molecule has 2 amide bonds. The van der Waals surface area contributed by atoms with Gasteiger partial charge in [-0.05, 0) is 25.5 Å². The van der Waals surface area contributed by atoms with Crippen molar-refractivity contribution in [2.24, 2.45) is 5.73 Å². The zero-order valence-electron chi connectivity index (χ0n) is 9.62. The second kappa shape index (κ2) is 6.85. The summed E-state index contributed by atoms with van der Waals surface area (Å²) >= 11 is 0. The molecule has 0 radical (unpaired) electrons. The first-order valence-electron chi connectivity index (χ1n) is 5.49. The van der Waals surface area contributed by atoms with Gasteiger partial charge in [0.15, 0.2) is 0 Å². The topological polar surface area (TPSA) is 67.2 Å². The molecule has 0 aliphatic heterocycles. The van der Waals surface area contributed by atoms with E-state index in [1.165, 1.54) is 5.56 Å². The normalized spacial score (nSPS) is 9.88. The van der Waals surface area contributed by atoms with E-state index in [0.717, 1.165) is 12.0 Å². The molecular weight excluding hydrogens is 202 g/mol. The van der Waals surface area contributed by atoms with Crippen LogP contribution >= 0.6 is 0 Å². The molecule has 1 rings (SSSR count). The number of hydrogen-bond acceptors (Lipinski definition) is 2. The van der Waals surface area contributed by atoms with Crippen molar-refractivity contribution in [1.29, 1.82) is 0 Å². The fraction of sp³-hybridized carbons (Fsp3) is 0.417. The zero-order valence-corrected chi connectivity index (χ0v) is 9.62. The van der Waals surface area contributed by atoms with E-state index in [1.54, 1.807) is 0 Å². The molecule has 4 heteroatoms. The minimum absolute atomic E-state index is 0.144. The van der Waals surface area contributed by atoms with E-state index in [0.29, 0.717) is 19.6 Å². The zero-order chi connectivity index (χ0) is 11.8. The molecule has 0 heterocycles. The van der Waals surface area contributed by atoms with Gasteiger partial charge in [0, 0.05) is 13.1 Å². The molecule has 88 valence electrons. The van der Waals surface area contributed by atoms with Crippen LogP contribution in [-0.4, -0.2) is 19.1 Å². The minimum Gasteiger partial charge on any atom is -0.338 e. The van der Waals surface area contributed by atoms with Crippen LogP contribution in [0, 0.1) is 6.92 Å². The van der Waals surface area contributed by atoms with Crippen LogP contribution in [-0.2, 0) is 6.54 Å². The summed E-state index contributed by atoms with van der Waals surface area (Å²) in [6, 6.07) is 7.92. The molecule has 0 saturated heterocycles. The summed E-state index contributed by atoms with van der Waals surface area (Å²) in [7, 11) is 0. The summed E-state index contributed by atoms with van der Waals surface area (Å²) in [5.74, 6) is 0. The molecule has 1 aromatic carbocycles. The van der Waals surface area contributed by atoms with E-state index in [1.807, 2.05) is 25.1 Å². The fourth-order valence-corrected chi connectivity index (χ4v) is 1.37. The second-order valence-electron chi connectivity index (χ2n) is 3.74. The molecule has 4 nitrogen and oxygen atoms in total. The quantitative estimate of drug-likeness (QED) is 0.653. The Morgan fingerprint density at radius 3 is 2.88 bits per heavy atom. The van der Waals surface area contributed by atoms with Crippen molar-refractivity contribution in [2.45, 2.75) is 19.9 Å². The lowest BCUT2D eigenvalue weighted by molar-refractivity contribution is 0.240. The van der Waals surface area contributed by atoms with Crippen molar-refractivity contribution >= 4 is 6.03 Å². The average molecular weight is 221 g/mol. The van der Waals surface area contributed by atoms with Gasteiger partial charge in [-0.15, -0.1) is 0 Å². The standard InChI is InChI=1S/C12H19N3O/c1-10-4-2-5-11(8-10)9-15-12(16)14-7-3-6-13/h2,4-5,8H,3,6-7,9,13H2,1H3,(H2,14,15,16). The third kappa shape index (κ3) is 4.79. The van der Waals surface area contributed by atoms with E-state index in [9.17, 15) is 4.79 Å². The summed E-state index contributed by atoms with van der Waals surface area (Å²) < 4.78 is 0. The Morgan fingerprint density at radius 1 is 1.38 bits per heavy atom. The van der Waals surface area contributed by atoms with Crippen molar-refractivity contribution in [3.05, 3.63) is 35.4 Å². The lowest BCUT2D eigenvalue weighted by atomic mass is 10.1. The highest BCUT2D eigenvalue weighted by atomic mass is 16.2. The Balaban J connectivity index is 2.26. The Morgan fingerprint density at radius 2 is 2.19 bits per heavy atom. The molecular formula is C12H19N3O. The first kappa shape index (κ1) is 12.5. The largest absolute Gasteiger partial charge is 0.338 e. The Kier molecular flexibility index (Phi) is 5.36. The van der Waals surface area contributed by atoms with E-state index in [-0.39, 0.29) is 6.03 Å². The van der Waals surface area contributed by atoms with Crippen molar-refractivity contribution in [3.63, 3.8) is 0 Å². The van der Waals surface area contributed by atoms with Gasteiger partial charge in [0.25, 0.3) is 0 Å². The van der Waals surface area contributed by atoms with Gasteiger partial charge in [-0.3, -0.25) is 0 Å². The molecule has 0 aliphatic rings. The molecule has 16 heavy (non-hydrogen) atoms. The Labute approximate surface area is 96.2 Å². The highest BCUT2D eigenvalue weighted by molar-refractivity contribution is 5.73. The van der Waals surface area contributed by atoms with Gasteiger partial charge >= 0.3 is 6.03 Å². The lowest BCUT2D eigenvalue weighted by Crippen LogP contribution is -2.36. The highest BCUT2D eigenvalue weighted by Gasteiger charge is 1.99. The molecule has 0 fully saturated rings. The second-order valence-corrected chi connectivity index (χ2v) is 3.74. The molecule has 0 saturated carbocycles. The van der Waals surface area contributed by atoms with Gasteiger partial charge in [0.2, 0.25) is 0 Å². The van der Waals surface area contributed by atoms with Crippen LogP contribution in [0.3, 0.4) is 0 Å². The number of carbonyl (C=O) groups is 1. The van der Waals surface area contributed by atoms with Crippen molar-refractivity contribution in [3.8, 4) is 0 Å². The number of benzene rings is 1. The summed E-state index contributed by atoms with van der Waals surface area (Å²) in [4.78, 5) is 11.3. The number of urea groups is 1. The SMILES string of the molecule is Cc1cccc(CNC(=O)NCCCN)c1. The molecule has 0 spiro atoms. The van der Waals surface area contributed by atoms with Crippen molar-refractivity contribution in [2.75, 3.05) is 13.1 Å². The number of rotatable bonds is 5. The Hall–Kier alpha value is -1.55. The third-order valence-electron chi connectivity index (χ3n) is 2.20. The fourth-order valence-electron chi connectivity index (χ4n) is 1.37. The number of hydrogen-bond donors (Lipinski definition) is 3. The van der Waals surface area contributed by atoms with E-state index in [4.69, 9.17) is 5.73 Å². The number of aryl methyl sites for hydroxylation is 1. The molecule has 1 aromatic rings. The van der Waals surface area contributed by atoms with Gasteiger partial charge in [0.05, 0.1) is 0 Å². The summed E-state index contributed by atoms with van der Waals surface area (Å²) in [5, 5.41) is 5.53. The van der Waals surface area contributed by atoms with Crippen LogP contribution < -0.4 is 16.4 Å². The maximum Gasteiger partial charge on any atom is 0.315 e. The minimum atomic E-state index is -0.144. The molecule has 0 aliphatic carbocycles. The number of amides is 2. The predicted octanol–water partition coefficient (Wildman–Crippen LogP) is 1.14. The van der Waals surface area contributed by atoms with Gasteiger partial charge < -0.3 is 16.4 Å². The monoisotopic (exact) mass is 221 g/mol. The van der Waals surface area contributed by atoms with Crippen LogP contribution in [0.1, 0.15) is 17.5 Å². The van der Waals surface area contributed by atoms with E-state index >= 15 is 0 Å².